The molecule has 3 atom stereocenters. The first kappa shape index (κ1) is 19.6. The summed E-state index contributed by atoms with van der Waals surface area (Å²) in [5.74, 6) is -2.44. The molecule has 0 aromatic rings. The van der Waals surface area contributed by atoms with Gasteiger partial charge in [-0.15, -0.1) is 0 Å². The van der Waals surface area contributed by atoms with Crippen LogP contribution in [0.15, 0.2) is 0 Å². The summed E-state index contributed by atoms with van der Waals surface area (Å²) in [5, 5.41) is 0. The number of methoxy groups -OCH3 is 1. The molecule has 0 aliphatic heterocycles. The molecule has 0 spiro atoms. The van der Waals surface area contributed by atoms with Gasteiger partial charge >= 0.3 is 17.9 Å². The Morgan fingerprint density at radius 2 is 1.40 bits per heavy atom. The predicted octanol–water partition coefficient (Wildman–Crippen LogP) is 0.168. The lowest BCUT2D eigenvalue weighted by atomic mass is 9.95. The van der Waals surface area contributed by atoms with Crippen LogP contribution >= 0.6 is 28.4 Å². The zero-order valence-electron chi connectivity index (χ0n) is 10.8. The lowest BCUT2D eigenvalue weighted by Gasteiger charge is -2.28. The number of ether oxygens (including phenoxy) is 2. The topological polar surface area (TPSA) is 97.4 Å². The van der Waals surface area contributed by atoms with Crippen LogP contribution in [0.5, 0.6) is 0 Å². The number of carbonyl (C=O) groups excluding carboxylic acids is 3. The molecule has 0 heterocycles. The second-order valence-corrected chi connectivity index (χ2v) is 4.28. The quantitative estimate of drug-likeness (QED) is 0.430. The van der Waals surface area contributed by atoms with Crippen molar-refractivity contribution < 1.29 is 37.4 Å². The molecule has 0 saturated heterocycles. The molecule has 3 unspecified atom stereocenters. The molecule has 0 bridgehead atoms. The third-order valence-corrected chi connectivity index (χ3v) is 3.01. The van der Waals surface area contributed by atoms with Gasteiger partial charge in [0.05, 0.1) is 54.5 Å². The molecule has 0 rings (SSSR count). The van der Waals surface area contributed by atoms with Crippen LogP contribution in [0.25, 0.3) is 0 Å². The van der Waals surface area contributed by atoms with Crippen molar-refractivity contribution in [2.24, 2.45) is 0 Å². The Morgan fingerprint density at radius 1 is 0.900 bits per heavy atom. The average molecular weight is 346 g/mol. The summed E-state index contributed by atoms with van der Waals surface area (Å²) in [6, 6.07) is 0. The molecule has 0 saturated carbocycles. The molecule has 0 aromatic carbocycles. The summed E-state index contributed by atoms with van der Waals surface area (Å²) in [4.78, 5) is 34.7. The zero-order valence-corrected chi connectivity index (χ0v) is 14.3. The van der Waals surface area contributed by atoms with Gasteiger partial charge in [-0.1, -0.05) is 0 Å². The number of hydrogen-bond acceptors (Lipinski definition) is 8. The summed E-state index contributed by atoms with van der Waals surface area (Å²) < 4.78 is 23.5. The Labute approximate surface area is 123 Å². The second-order valence-electron chi connectivity index (χ2n) is 3.57. The fourth-order valence-electron chi connectivity index (χ4n) is 1.35. The van der Waals surface area contributed by atoms with E-state index in [-0.39, 0.29) is 13.2 Å². The highest BCUT2D eigenvalue weighted by Gasteiger charge is 2.46. The van der Waals surface area contributed by atoms with Crippen LogP contribution in [0.4, 0.5) is 0 Å². The van der Waals surface area contributed by atoms with Gasteiger partial charge in [0.1, 0.15) is 0 Å². The molecule has 0 aliphatic rings. The van der Waals surface area contributed by atoms with Gasteiger partial charge in [-0.25, -0.2) is 4.79 Å². The van der Waals surface area contributed by atoms with E-state index >= 15 is 0 Å². The smallest absolute Gasteiger partial charge is 0.341 e. The summed E-state index contributed by atoms with van der Waals surface area (Å²) in [6.07, 6.45) is -1.01. The maximum Gasteiger partial charge on any atom is 0.341 e. The molecule has 11 heteroatoms. The summed E-state index contributed by atoms with van der Waals surface area (Å²) >= 11 is 0. The molecular formula is C9H17O8P3. The van der Waals surface area contributed by atoms with Gasteiger partial charge in [-0.05, 0) is 0 Å². The normalized spacial score (nSPS) is 10.8. The number of carbonyl (C=O) groups is 3. The molecular weight excluding hydrogens is 329 g/mol. The molecule has 20 heavy (non-hydrogen) atoms. The largest absolute Gasteiger partial charge is 0.451 e. The Hall–Kier alpha value is -0.380. The maximum absolute atomic E-state index is 11.9. The van der Waals surface area contributed by atoms with E-state index in [1.165, 1.54) is 7.11 Å². The summed E-state index contributed by atoms with van der Waals surface area (Å²) in [7, 11) is 6.68. The molecule has 0 N–H and O–H groups in total. The van der Waals surface area contributed by atoms with Crippen LogP contribution in [0.2, 0.25) is 0 Å². The van der Waals surface area contributed by atoms with Gasteiger partial charge in [0.15, 0.2) is 5.60 Å². The number of hydrogen-bond donors (Lipinski definition) is 0. The third kappa shape index (κ3) is 6.38. The molecule has 0 aromatic heterocycles. The minimum absolute atomic E-state index is 0.0233. The maximum atomic E-state index is 11.9. The Balaban J connectivity index is 5.20. The third-order valence-electron chi connectivity index (χ3n) is 2.27. The highest BCUT2D eigenvalue weighted by molar-refractivity contribution is 7.11. The SMILES string of the molecule is COCCOC(CC(=O)OP)(CC(=O)OP)C(=O)OP. The monoisotopic (exact) mass is 346 g/mol. The van der Waals surface area contributed by atoms with E-state index in [1.807, 2.05) is 0 Å². The van der Waals surface area contributed by atoms with E-state index in [4.69, 9.17) is 9.47 Å². The number of rotatable bonds is 9. The molecule has 0 fully saturated rings. The Morgan fingerprint density at radius 3 is 1.75 bits per heavy atom. The lowest BCUT2D eigenvalue weighted by molar-refractivity contribution is -0.175. The Bertz CT molecular complexity index is 330. The van der Waals surface area contributed by atoms with Crippen molar-refractivity contribution in [1.82, 2.24) is 0 Å². The van der Waals surface area contributed by atoms with E-state index in [9.17, 15) is 14.4 Å². The van der Waals surface area contributed by atoms with Crippen LogP contribution in [-0.4, -0.2) is 43.8 Å². The first-order valence-electron chi connectivity index (χ1n) is 5.29. The van der Waals surface area contributed by atoms with E-state index in [0.29, 0.717) is 0 Å². The molecule has 116 valence electrons. The fourth-order valence-corrected chi connectivity index (χ4v) is 1.73. The first-order valence-corrected chi connectivity index (χ1v) is 6.70. The van der Waals surface area contributed by atoms with Crippen LogP contribution in [0.3, 0.4) is 0 Å². The van der Waals surface area contributed by atoms with Gasteiger partial charge in [0.25, 0.3) is 0 Å². The molecule has 0 radical (unpaired) electrons. The van der Waals surface area contributed by atoms with Gasteiger partial charge in [-0.2, -0.15) is 0 Å². The van der Waals surface area contributed by atoms with Crippen LogP contribution < -0.4 is 0 Å². The van der Waals surface area contributed by atoms with Crippen molar-refractivity contribution in [1.29, 1.82) is 0 Å². The van der Waals surface area contributed by atoms with Crippen LogP contribution in [0.1, 0.15) is 12.8 Å². The fraction of sp³-hybridized carbons (Fsp3) is 0.667. The minimum Gasteiger partial charge on any atom is -0.451 e. The van der Waals surface area contributed by atoms with Crippen molar-refractivity contribution in [3.8, 4) is 0 Å². The van der Waals surface area contributed by atoms with E-state index in [1.54, 1.807) is 28.4 Å². The lowest BCUT2D eigenvalue weighted by Crippen LogP contribution is -2.46. The van der Waals surface area contributed by atoms with Crippen molar-refractivity contribution in [2.45, 2.75) is 18.4 Å². The van der Waals surface area contributed by atoms with Crippen molar-refractivity contribution in [3.05, 3.63) is 0 Å². The standard InChI is InChI=1S/C9H17O8P3/c1-13-2-3-14-9(8(12)17-20,4-6(10)15-18)5-7(11)16-19/h2-5,18-20H2,1H3. The van der Waals surface area contributed by atoms with Gasteiger partial charge < -0.3 is 23.0 Å². The van der Waals surface area contributed by atoms with Crippen molar-refractivity contribution in [3.63, 3.8) is 0 Å². The van der Waals surface area contributed by atoms with E-state index < -0.39 is 36.4 Å². The first-order chi connectivity index (χ1) is 9.45. The van der Waals surface area contributed by atoms with Gasteiger partial charge in [0.2, 0.25) is 0 Å². The Kier molecular flexibility index (Phi) is 10.2. The highest BCUT2D eigenvalue weighted by Crippen LogP contribution is 2.26. The van der Waals surface area contributed by atoms with Gasteiger partial charge in [-0.3, -0.25) is 9.59 Å². The van der Waals surface area contributed by atoms with E-state index in [0.717, 1.165) is 0 Å². The van der Waals surface area contributed by atoms with Crippen LogP contribution in [-0.2, 0) is 37.4 Å². The average Bonchev–Trinajstić information content (AvgIpc) is 2.45. The zero-order chi connectivity index (χ0) is 15.6. The van der Waals surface area contributed by atoms with Gasteiger partial charge in [0, 0.05) is 7.11 Å². The predicted molar refractivity (Wildman–Crippen MR) is 77.2 cm³/mol. The highest BCUT2D eigenvalue weighted by atomic mass is 31.0. The molecule has 8 nitrogen and oxygen atoms in total. The van der Waals surface area contributed by atoms with Crippen molar-refractivity contribution >= 4 is 46.3 Å². The minimum atomic E-state index is -1.83. The van der Waals surface area contributed by atoms with E-state index in [2.05, 4.69) is 13.6 Å². The van der Waals surface area contributed by atoms with Crippen LogP contribution in [0, 0.1) is 0 Å². The second kappa shape index (κ2) is 10.4. The summed E-state index contributed by atoms with van der Waals surface area (Å²) in [6.45, 7) is 0.141. The molecule has 0 aliphatic carbocycles. The van der Waals surface area contributed by atoms with Crippen molar-refractivity contribution in [2.75, 3.05) is 20.3 Å². The molecule has 0 amide bonds. The summed E-state index contributed by atoms with van der Waals surface area (Å²) in [5.41, 5.74) is -1.83.